The molecule has 0 aliphatic rings. The fraction of sp³-hybridized carbons (Fsp3) is 0.462. The van der Waals surface area contributed by atoms with Crippen LogP contribution >= 0.6 is 43.5 Å². The van der Waals surface area contributed by atoms with Gasteiger partial charge in [-0.3, -0.25) is 4.79 Å². The van der Waals surface area contributed by atoms with Crippen LogP contribution in [0.3, 0.4) is 0 Å². The summed E-state index contributed by atoms with van der Waals surface area (Å²) in [5.41, 5.74) is 0.672. The van der Waals surface area contributed by atoms with Crippen molar-refractivity contribution in [3.05, 3.63) is 32.7 Å². The first kappa shape index (κ1) is 16.0. The Morgan fingerprint density at radius 1 is 1.33 bits per heavy atom. The van der Waals surface area contributed by atoms with Gasteiger partial charge in [-0.05, 0) is 40.5 Å². The highest BCUT2D eigenvalue weighted by atomic mass is 79.9. The molecule has 0 fully saturated rings. The van der Waals surface area contributed by atoms with Gasteiger partial charge in [0.15, 0.2) is 0 Å². The second-order valence-corrected chi connectivity index (χ2v) is 6.11. The average Bonchev–Trinajstić information content (AvgIpc) is 2.36. The van der Waals surface area contributed by atoms with Crippen molar-refractivity contribution in [2.75, 3.05) is 19.0 Å². The van der Waals surface area contributed by atoms with Crippen LogP contribution in [-0.4, -0.2) is 29.8 Å². The number of halogens is 3. The molecule has 0 bridgehead atoms. The van der Waals surface area contributed by atoms with Gasteiger partial charge in [0.2, 0.25) is 0 Å². The molecule has 0 radical (unpaired) electrons. The fourth-order valence-electron chi connectivity index (χ4n) is 1.60. The molecule has 0 unspecified atom stereocenters. The van der Waals surface area contributed by atoms with Gasteiger partial charge in [-0.2, -0.15) is 0 Å². The Kier molecular flexibility index (Phi) is 7.27. The van der Waals surface area contributed by atoms with Crippen LogP contribution in [0.15, 0.2) is 27.1 Å². The minimum atomic E-state index is 0.0253. The van der Waals surface area contributed by atoms with Crippen LogP contribution in [0, 0.1) is 0 Å². The van der Waals surface area contributed by atoms with Crippen LogP contribution in [0.5, 0.6) is 0 Å². The van der Waals surface area contributed by atoms with E-state index in [1.54, 1.807) is 0 Å². The highest BCUT2D eigenvalue weighted by molar-refractivity contribution is 9.11. The van der Waals surface area contributed by atoms with Gasteiger partial charge in [0.25, 0.3) is 5.91 Å². The van der Waals surface area contributed by atoms with Gasteiger partial charge in [-0.25, -0.2) is 0 Å². The number of carbonyl (C=O) groups excluding carboxylic acids is 1. The van der Waals surface area contributed by atoms with Gasteiger partial charge in [0, 0.05) is 27.9 Å². The standard InChI is InChI=1S/C13H16Br2ClNO/c1-2-3-7-17(8-6-16)13(18)11-9-10(14)4-5-12(11)15/h4-5,9H,2-3,6-8H2,1H3. The van der Waals surface area contributed by atoms with Crippen LogP contribution in [0.2, 0.25) is 0 Å². The van der Waals surface area contributed by atoms with Crippen LogP contribution in [0.4, 0.5) is 0 Å². The monoisotopic (exact) mass is 395 g/mol. The lowest BCUT2D eigenvalue weighted by Gasteiger charge is -2.22. The Morgan fingerprint density at radius 2 is 2.06 bits per heavy atom. The lowest BCUT2D eigenvalue weighted by molar-refractivity contribution is 0.0762. The molecule has 0 heterocycles. The summed E-state index contributed by atoms with van der Waals surface area (Å²) in [5.74, 6) is 0.485. The largest absolute Gasteiger partial charge is 0.337 e. The average molecular weight is 398 g/mol. The third kappa shape index (κ3) is 4.56. The molecule has 0 N–H and O–H groups in total. The molecule has 18 heavy (non-hydrogen) atoms. The van der Waals surface area contributed by atoms with Crippen molar-refractivity contribution in [2.24, 2.45) is 0 Å². The maximum Gasteiger partial charge on any atom is 0.255 e. The van der Waals surface area contributed by atoms with Crippen molar-refractivity contribution >= 4 is 49.4 Å². The fourth-order valence-corrected chi connectivity index (χ4v) is 2.58. The predicted octanol–water partition coefficient (Wildman–Crippen LogP) is 4.69. The molecule has 5 heteroatoms. The first-order valence-corrected chi connectivity index (χ1v) is 8.02. The third-order valence-electron chi connectivity index (χ3n) is 2.58. The van der Waals surface area contributed by atoms with Gasteiger partial charge >= 0.3 is 0 Å². The van der Waals surface area contributed by atoms with Crippen LogP contribution < -0.4 is 0 Å². The highest BCUT2D eigenvalue weighted by Gasteiger charge is 2.17. The number of alkyl halides is 1. The molecule has 100 valence electrons. The van der Waals surface area contributed by atoms with Crippen LogP contribution in [0.1, 0.15) is 30.1 Å². The smallest absolute Gasteiger partial charge is 0.255 e. The van der Waals surface area contributed by atoms with E-state index < -0.39 is 0 Å². The minimum absolute atomic E-state index is 0.0253. The normalized spacial score (nSPS) is 10.4. The van der Waals surface area contributed by atoms with Gasteiger partial charge in [0.05, 0.1) is 5.56 Å². The topological polar surface area (TPSA) is 20.3 Å². The van der Waals surface area contributed by atoms with Crippen LogP contribution in [0.25, 0.3) is 0 Å². The second-order valence-electron chi connectivity index (χ2n) is 3.96. The molecule has 1 aromatic carbocycles. The SMILES string of the molecule is CCCCN(CCCl)C(=O)c1cc(Br)ccc1Br. The Balaban J connectivity index is 2.90. The van der Waals surface area contributed by atoms with E-state index >= 15 is 0 Å². The summed E-state index contributed by atoms with van der Waals surface area (Å²) in [4.78, 5) is 14.2. The van der Waals surface area contributed by atoms with Gasteiger partial charge in [-0.15, -0.1) is 11.6 Å². The van der Waals surface area contributed by atoms with Crippen molar-refractivity contribution in [3.63, 3.8) is 0 Å². The number of nitrogens with zero attached hydrogens (tertiary/aromatic N) is 1. The minimum Gasteiger partial charge on any atom is -0.337 e. The Hall–Kier alpha value is -0.0600. The number of hydrogen-bond acceptors (Lipinski definition) is 1. The summed E-state index contributed by atoms with van der Waals surface area (Å²) in [6.45, 7) is 3.44. The Bertz CT molecular complexity index is 412. The number of hydrogen-bond donors (Lipinski definition) is 0. The molecule has 1 amide bonds. The maximum atomic E-state index is 12.4. The molecule has 1 rings (SSSR count). The number of rotatable bonds is 6. The zero-order chi connectivity index (χ0) is 13.5. The van der Waals surface area contributed by atoms with Gasteiger partial charge in [-0.1, -0.05) is 29.3 Å². The molecular weight excluding hydrogens is 381 g/mol. The molecule has 0 aromatic heterocycles. The maximum absolute atomic E-state index is 12.4. The number of carbonyl (C=O) groups is 1. The third-order valence-corrected chi connectivity index (χ3v) is 3.94. The lowest BCUT2D eigenvalue weighted by Crippen LogP contribution is -2.33. The number of amides is 1. The Labute approximate surface area is 130 Å². The van der Waals surface area contributed by atoms with Gasteiger partial charge in [0.1, 0.15) is 0 Å². The molecule has 0 spiro atoms. The summed E-state index contributed by atoms with van der Waals surface area (Å²) in [6.07, 6.45) is 2.06. The number of unbranched alkanes of at least 4 members (excludes halogenated alkanes) is 1. The zero-order valence-electron chi connectivity index (χ0n) is 10.3. The van der Waals surface area contributed by atoms with E-state index in [0.717, 1.165) is 28.3 Å². The predicted molar refractivity (Wildman–Crippen MR) is 83.4 cm³/mol. The van der Waals surface area contributed by atoms with E-state index in [4.69, 9.17) is 11.6 Å². The van der Waals surface area contributed by atoms with Crippen molar-refractivity contribution < 1.29 is 4.79 Å². The van der Waals surface area contributed by atoms with Crippen molar-refractivity contribution in [1.82, 2.24) is 4.90 Å². The highest BCUT2D eigenvalue weighted by Crippen LogP contribution is 2.23. The molecule has 0 aliphatic heterocycles. The van der Waals surface area contributed by atoms with Crippen molar-refractivity contribution in [2.45, 2.75) is 19.8 Å². The van der Waals surface area contributed by atoms with E-state index in [-0.39, 0.29) is 5.91 Å². The van der Waals surface area contributed by atoms with Crippen molar-refractivity contribution in [3.8, 4) is 0 Å². The molecule has 0 saturated heterocycles. The summed E-state index contributed by atoms with van der Waals surface area (Å²) < 4.78 is 1.71. The number of benzene rings is 1. The van der Waals surface area contributed by atoms with E-state index in [9.17, 15) is 4.79 Å². The van der Waals surface area contributed by atoms with E-state index in [0.29, 0.717) is 18.0 Å². The zero-order valence-corrected chi connectivity index (χ0v) is 14.2. The quantitative estimate of drug-likeness (QED) is 0.638. The molecular formula is C13H16Br2ClNO. The summed E-state index contributed by atoms with van der Waals surface area (Å²) in [5, 5.41) is 0. The van der Waals surface area contributed by atoms with Gasteiger partial charge < -0.3 is 4.90 Å². The first-order valence-electron chi connectivity index (χ1n) is 5.90. The second kappa shape index (κ2) is 8.18. The molecule has 1 aromatic rings. The summed E-state index contributed by atoms with van der Waals surface area (Å²) in [7, 11) is 0. The molecule has 2 nitrogen and oxygen atoms in total. The van der Waals surface area contributed by atoms with E-state index in [1.165, 1.54) is 0 Å². The van der Waals surface area contributed by atoms with E-state index in [1.807, 2.05) is 23.1 Å². The molecule has 0 saturated carbocycles. The van der Waals surface area contributed by atoms with Crippen LogP contribution in [-0.2, 0) is 0 Å². The van der Waals surface area contributed by atoms with Crippen molar-refractivity contribution in [1.29, 1.82) is 0 Å². The Morgan fingerprint density at radius 3 is 2.67 bits per heavy atom. The molecule has 0 atom stereocenters. The summed E-state index contributed by atoms with van der Waals surface area (Å²) in [6, 6.07) is 5.61. The first-order chi connectivity index (χ1) is 8.60. The lowest BCUT2D eigenvalue weighted by atomic mass is 10.2. The molecule has 0 aliphatic carbocycles. The summed E-state index contributed by atoms with van der Waals surface area (Å²) >= 11 is 12.6. The van der Waals surface area contributed by atoms with E-state index in [2.05, 4.69) is 38.8 Å².